The van der Waals surface area contributed by atoms with Gasteiger partial charge < -0.3 is 19.7 Å². The van der Waals surface area contributed by atoms with E-state index in [2.05, 4.69) is 21.2 Å². The number of carbonyl (C=O) groups is 2. The Labute approximate surface area is 215 Å². The number of benzene rings is 2. The van der Waals surface area contributed by atoms with Gasteiger partial charge in [-0.1, -0.05) is 28.1 Å². The molecule has 0 aliphatic heterocycles. The summed E-state index contributed by atoms with van der Waals surface area (Å²) < 4.78 is 37.8. The van der Waals surface area contributed by atoms with Crippen molar-refractivity contribution in [2.75, 3.05) is 31.3 Å². The molecule has 0 heterocycles. The molecule has 11 heteroatoms. The van der Waals surface area contributed by atoms with Crippen LogP contribution >= 0.6 is 15.9 Å². The van der Waals surface area contributed by atoms with E-state index in [1.54, 1.807) is 13.0 Å². The Hall–Kier alpha value is -2.79. The third-order valence-electron chi connectivity index (χ3n) is 5.17. The molecule has 0 saturated heterocycles. The zero-order valence-electron chi connectivity index (χ0n) is 20.7. The standard InChI is InChI=1S/C24H32BrN3O6S/c1-16(2)26-24(30)17(3)27(14-18-8-7-9-19(25)12-18)23(29)15-28(35(6,31)32)21-11-10-20(33-4)13-22(21)34-5/h7-13,16-17H,14-15H2,1-6H3,(H,26,30). The fourth-order valence-electron chi connectivity index (χ4n) is 3.41. The molecule has 0 bridgehead atoms. The summed E-state index contributed by atoms with van der Waals surface area (Å²) in [4.78, 5) is 27.7. The van der Waals surface area contributed by atoms with Crippen molar-refractivity contribution in [3.63, 3.8) is 0 Å². The van der Waals surface area contributed by atoms with Crippen molar-refractivity contribution in [2.24, 2.45) is 0 Å². The van der Waals surface area contributed by atoms with Crippen LogP contribution in [0.5, 0.6) is 11.5 Å². The first-order valence-corrected chi connectivity index (χ1v) is 13.6. The third-order valence-corrected chi connectivity index (χ3v) is 6.79. The Kier molecular flexibility index (Phi) is 9.96. The summed E-state index contributed by atoms with van der Waals surface area (Å²) in [6.45, 7) is 4.86. The molecule has 0 fully saturated rings. The molecule has 0 aromatic heterocycles. The van der Waals surface area contributed by atoms with Crippen LogP contribution in [-0.4, -0.2) is 64.2 Å². The van der Waals surface area contributed by atoms with Crippen molar-refractivity contribution in [3.8, 4) is 11.5 Å². The Bertz CT molecular complexity index is 1160. The van der Waals surface area contributed by atoms with Crippen LogP contribution in [0.4, 0.5) is 5.69 Å². The van der Waals surface area contributed by atoms with Crippen LogP contribution in [0.15, 0.2) is 46.9 Å². The molecule has 0 saturated carbocycles. The molecule has 192 valence electrons. The van der Waals surface area contributed by atoms with Crippen molar-refractivity contribution in [2.45, 2.75) is 39.4 Å². The van der Waals surface area contributed by atoms with Gasteiger partial charge in [-0.3, -0.25) is 13.9 Å². The summed E-state index contributed by atoms with van der Waals surface area (Å²) >= 11 is 3.42. The number of sulfonamides is 1. The van der Waals surface area contributed by atoms with Crippen molar-refractivity contribution in [1.29, 1.82) is 0 Å². The Morgan fingerprint density at radius 3 is 2.29 bits per heavy atom. The van der Waals surface area contributed by atoms with Gasteiger partial charge in [0, 0.05) is 23.1 Å². The minimum atomic E-state index is -3.89. The Balaban J connectivity index is 2.46. The zero-order chi connectivity index (χ0) is 26.3. The average Bonchev–Trinajstić information content (AvgIpc) is 2.78. The number of ether oxygens (including phenoxy) is 2. The molecule has 1 unspecified atom stereocenters. The summed E-state index contributed by atoms with van der Waals surface area (Å²) in [6, 6.07) is 11.0. The molecule has 0 aliphatic rings. The lowest BCUT2D eigenvalue weighted by molar-refractivity contribution is -0.139. The van der Waals surface area contributed by atoms with E-state index in [4.69, 9.17) is 9.47 Å². The monoisotopic (exact) mass is 569 g/mol. The summed E-state index contributed by atoms with van der Waals surface area (Å²) in [7, 11) is -1.00. The summed E-state index contributed by atoms with van der Waals surface area (Å²) in [5.41, 5.74) is 0.968. The van der Waals surface area contributed by atoms with Crippen LogP contribution in [0.25, 0.3) is 0 Å². The minimum absolute atomic E-state index is 0.113. The second-order valence-electron chi connectivity index (χ2n) is 8.30. The van der Waals surface area contributed by atoms with Gasteiger partial charge in [-0.05, 0) is 50.6 Å². The molecular weight excluding hydrogens is 538 g/mol. The van der Waals surface area contributed by atoms with E-state index in [1.807, 2.05) is 38.1 Å². The number of amides is 2. The van der Waals surface area contributed by atoms with Crippen LogP contribution in [-0.2, 0) is 26.2 Å². The molecule has 1 N–H and O–H groups in total. The highest BCUT2D eigenvalue weighted by Gasteiger charge is 2.31. The predicted molar refractivity (Wildman–Crippen MR) is 139 cm³/mol. The van der Waals surface area contributed by atoms with E-state index >= 15 is 0 Å². The number of anilines is 1. The maximum atomic E-state index is 13.6. The fourth-order valence-corrected chi connectivity index (χ4v) is 4.71. The van der Waals surface area contributed by atoms with E-state index in [-0.39, 0.29) is 29.9 Å². The van der Waals surface area contributed by atoms with Gasteiger partial charge in [-0.25, -0.2) is 8.42 Å². The lowest BCUT2D eigenvalue weighted by Crippen LogP contribution is -2.52. The van der Waals surface area contributed by atoms with Gasteiger partial charge in [0.15, 0.2) is 0 Å². The van der Waals surface area contributed by atoms with Crippen molar-refractivity contribution < 1.29 is 27.5 Å². The molecular formula is C24H32BrN3O6S. The van der Waals surface area contributed by atoms with Gasteiger partial charge in [0.05, 0.1) is 26.2 Å². The normalized spacial score (nSPS) is 12.1. The fraction of sp³-hybridized carbons (Fsp3) is 0.417. The number of halogens is 1. The number of methoxy groups -OCH3 is 2. The van der Waals surface area contributed by atoms with Crippen LogP contribution in [0, 0.1) is 0 Å². The number of nitrogens with one attached hydrogen (secondary N) is 1. The van der Waals surface area contributed by atoms with E-state index in [1.165, 1.54) is 31.3 Å². The summed E-state index contributed by atoms with van der Waals surface area (Å²) in [5, 5.41) is 2.81. The van der Waals surface area contributed by atoms with Crippen LogP contribution in [0.2, 0.25) is 0 Å². The smallest absolute Gasteiger partial charge is 0.244 e. The first-order valence-electron chi connectivity index (χ1n) is 10.9. The number of carbonyl (C=O) groups excluding carboxylic acids is 2. The first kappa shape index (κ1) is 28.4. The van der Waals surface area contributed by atoms with Gasteiger partial charge in [0.1, 0.15) is 24.1 Å². The van der Waals surface area contributed by atoms with Crippen LogP contribution in [0.3, 0.4) is 0 Å². The molecule has 0 radical (unpaired) electrons. The molecule has 9 nitrogen and oxygen atoms in total. The topological polar surface area (TPSA) is 105 Å². The van der Waals surface area contributed by atoms with Crippen LogP contribution in [0.1, 0.15) is 26.3 Å². The largest absolute Gasteiger partial charge is 0.497 e. The molecule has 2 amide bonds. The molecule has 2 aromatic rings. The molecule has 1 atom stereocenters. The summed E-state index contributed by atoms with van der Waals surface area (Å²) in [6.07, 6.45) is 1.01. The van der Waals surface area contributed by atoms with Gasteiger partial charge in [0.25, 0.3) is 0 Å². The first-order chi connectivity index (χ1) is 16.4. The van der Waals surface area contributed by atoms with Gasteiger partial charge in [0.2, 0.25) is 21.8 Å². The van der Waals surface area contributed by atoms with Gasteiger partial charge >= 0.3 is 0 Å². The van der Waals surface area contributed by atoms with Crippen molar-refractivity contribution in [1.82, 2.24) is 10.2 Å². The van der Waals surface area contributed by atoms with Gasteiger partial charge in [-0.15, -0.1) is 0 Å². The molecule has 35 heavy (non-hydrogen) atoms. The van der Waals surface area contributed by atoms with E-state index in [9.17, 15) is 18.0 Å². The Morgan fingerprint density at radius 1 is 1.06 bits per heavy atom. The maximum absolute atomic E-state index is 13.6. The van der Waals surface area contributed by atoms with E-state index in [0.29, 0.717) is 5.75 Å². The molecule has 0 aliphatic carbocycles. The predicted octanol–water partition coefficient (Wildman–Crippen LogP) is 3.17. The third kappa shape index (κ3) is 7.86. The molecule has 0 spiro atoms. The van der Waals surface area contributed by atoms with Crippen molar-refractivity contribution in [3.05, 3.63) is 52.5 Å². The minimum Gasteiger partial charge on any atom is -0.497 e. The number of hydrogen-bond donors (Lipinski definition) is 1. The highest BCUT2D eigenvalue weighted by atomic mass is 79.9. The number of nitrogens with zero attached hydrogens (tertiary/aromatic N) is 2. The zero-order valence-corrected chi connectivity index (χ0v) is 23.1. The van der Waals surface area contributed by atoms with E-state index < -0.39 is 28.5 Å². The number of hydrogen-bond acceptors (Lipinski definition) is 6. The van der Waals surface area contributed by atoms with Crippen molar-refractivity contribution >= 4 is 43.5 Å². The maximum Gasteiger partial charge on any atom is 0.244 e. The quantitative estimate of drug-likeness (QED) is 0.445. The number of rotatable bonds is 11. The summed E-state index contributed by atoms with van der Waals surface area (Å²) in [5.74, 6) is -0.177. The highest BCUT2D eigenvalue weighted by Crippen LogP contribution is 2.33. The molecule has 2 rings (SSSR count). The van der Waals surface area contributed by atoms with E-state index in [0.717, 1.165) is 20.6 Å². The SMILES string of the molecule is COc1ccc(N(CC(=O)N(Cc2cccc(Br)c2)C(C)C(=O)NC(C)C)S(C)(=O)=O)c(OC)c1. The molecule has 2 aromatic carbocycles. The second kappa shape index (κ2) is 12.3. The van der Waals surface area contributed by atoms with Crippen LogP contribution < -0.4 is 19.1 Å². The average molecular weight is 571 g/mol. The van der Waals surface area contributed by atoms with Gasteiger partial charge in [-0.2, -0.15) is 0 Å². The second-order valence-corrected chi connectivity index (χ2v) is 11.1. The lowest BCUT2D eigenvalue weighted by atomic mass is 10.1. The Morgan fingerprint density at radius 2 is 1.74 bits per heavy atom. The highest BCUT2D eigenvalue weighted by molar-refractivity contribution is 9.10. The lowest BCUT2D eigenvalue weighted by Gasteiger charge is -2.32.